The second kappa shape index (κ2) is 6.42. The average molecular weight is 294 g/mol. The number of rotatable bonds is 4. The summed E-state index contributed by atoms with van der Waals surface area (Å²) in [6, 6.07) is 14.2. The van der Waals surface area contributed by atoms with E-state index >= 15 is 0 Å². The molecule has 0 aliphatic rings. The number of halogens is 2. The molecule has 0 fully saturated rings. The lowest BCUT2D eigenvalue weighted by Crippen LogP contribution is -2.15. The van der Waals surface area contributed by atoms with Gasteiger partial charge in [-0.1, -0.05) is 47.5 Å². The maximum Gasteiger partial charge on any atom is 0.0426 e. The van der Waals surface area contributed by atoms with Crippen LogP contribution in [-0.4, -0.2) is 6.04 Å². The summed E-state index contributed by atoms with van der Waals surface area (Å²) in [5.41, 5.74) is 9.25. The molecule has 0 spiro atoms. The van der Waals surface area contributed by atoms with Crippen molar-refractivity contribution in [2.45, 2.75) is 25.8 Å². The van der Waals surface area contributed by atoms with Crippen molar-refractivity contribution in [3.63, 3.8) is 0 Å². The molecule has 1 atom stereocenters. The molecule has 0 saturated carbocycles. The Morgan fingerprint density at radius 1 is 1.00 bits per heavy atom. The first-order valence-electron chi connectivity index (χ1n) is 6.35. The Morgan fingerprint density at radius 3 is 2.32 bits per heavy atom. The number of aryl methyl sites for hydroxylation is 1. The van der Waals surface area contributed by atoms with Crippen molar-refractivity contribution in [1.82, 2.24) is 0 Å². The number of benzene rings is 2. The fourth-order valence-corrected chi connectivity index (χ4v) is 2.55. The lowest BCUT2D eigenvalue weighted by atomic mass is 10.00. The van der Waals surface area contributed by atoms with Crippen molar-refractivity contribution in [2.75, 3.05) is 0 Å². The van der Waals surface area contributed by atoms with Crippen molar-refractivity contribution in [2.24, 2.45) is 5.73 Å². The summed E-state index contributed by atoms with van der Waals surface area (Å²) < 4.78 is 0. The summed E-state index contributed by atoms with van der Waals surface area (Å²) in [6.45, 7) is 2.03. The highest BCUT2D eigenvalue weighted by molar-refractivity contribution is 6.35. The summed E-state index contributed by atoms with van der Waals surface area (Å²) >= 11 is 12.1. The molecule has 2 rings (SSSR count). The third-order valence-electron chi connectivity index (χ3n) is 3.01. The van der Waals surface area contributed by atoms with Gasteiger partial charge in [0.15, 0.2) is 0 Å². The summed E-state index contributed by atoms with van der Waals surface area (Å²) in [5, 5.41) is 1.31. The standard InChI is InChI=1S/C16H17Cl2N/c1-11(19)5-6-12-3-2-4-13(7-12)14-8-15(17)10-16(18)9-14/h2-4,7-11H,5-6,19H2,1H3. The summed E-state index contributed by atoms with van der Waals surface area (Å²) in [4.78, 5) is 0. The molecule has 0 saturated heterocycles. The minimum absolute atomic E-state index is 0.226. The van der Waals surface area contributed by atoms with Crippen LogP contribution < -0.4 is 5.73 Å². The van der Waals surface area contributed by atoms with Crippen molar-refractivity contribution < 1.29 is 0 Å². The highest BCUT2D eigenvalue weighted by Crippen LogP contribution is 2.28. The van der Waals surface area contributed by atoms with Crippen LogP contribution in [0.15, 0.2) is 42.5 Å². The summed E-state index contributed by atoms with van der Waals surface area (Å²) in [7, 11) is 0. The van der Waals surface area contributed by atoms with Crippen molar-refractivity contribution in [3.8, 4) is 11.1 Å². The van der Waals surface area contributed by atoms with E-state index < -0.39 is 0 Å². The summed E-state index contributed by atoms with van der Waals surface area (Å²) in [6.07, 6.45) is 1.97. The number of hydrogen-bond donors (Lipinski definition) is 1. The first-order valence-corrected chi connectivity index (χ1v) is 7.11. The topological polar surface area (TPSA) is 26.0 Å². The van der Waals surface area contributed by atoms with E-state index in [0.29, 0.717) is 10.0 Å². The molecule has 100 valence electrons. The van der Waals surface area contributed by atoms with Gasteiger partial charge in [0.25, 0.3) is 0 Å². The largest absolute Gasteiger partial charge is 0.328 e. The van der Waals surface area contributed by atoms with E-state index in [0.717, 1.165) is 24.0 Å². The van der Waals surface area contributed by atoms with Crippen LogP contribution >= 0.6 is 23.2 Å². The first-order chi connectivity index (χ1) is 9.04. The van der Waals surface area contributed by atoms with Crippen LogP contribution in [0.4, 0.5) is 0 Å². The molecule has 1 unspecified atom stereocenters. The van der Waals surface area contributed by atoms with E-state index in [1.165, 1.54) is 5.56 Å². The fraction of sp³-hybridized carbons (Fsp3) is 0.250. The van der Waals surface area contributed by atoms with Crippen LogP contribution in [0.3, 0.4) is 0 Å². The number of nitrogens with two attached hydrogens (primary N) is 1. The molecule has 1 nitrogen and oxygen atoms in total. The quantitative estimate of drug-likeness (QED) is 0.849. The van der Waals surface area contributed by atoms with E-state index in [1.54, 1.807) is 6.07 Å². The average Bonchev–Trinajstić information content (AvgIpc) is 2.35. The Labute approximate surface area is 124 Å². The first kappa shape index (κ1) is 14.4. The zero-order valence-corrected chi connectivity index (χ0v) is 12.4. The maximum absolute atomic E-state index is 6.04. The van der Waals surface area contributed by atoms with E-state index in [4.69, 9.17) is 28.9 Å². The van der Waals surface area contributed by atoms with E-state index in [2.05, 4.69) is 24.3 Å². The van der Waals surface area contributed by atoms with Crippen molar-refractivity contribution in [1.29, 1.82) is 0 Å². The van der Waals surface area contributed by atoms with Gasteiger partial charge >= 0.3 is 0 Å². The molecule has 3 heteroatoms. The molecule has 0 aliphatic carbocycles. The van der Waals surface area contributed by atoms with Crippen LogP contribution in [0.5, 0.6) is 0 Å². The Hall–Kier alpha value is -1.02. The van der Waals surface area contributed by atoms with Gasteiger partial charge in [0.05, 0.1) is 0 Å². The monoisotopic (exact) mass is 293 g/mol. The third-order valence-corrected chi connectivity index (χ3v) is 3.45. The molecular weight excluding hydrogens is 277 g/mol. The zero-order chi connectivity index (χ0) is 13.8. The Morgan fingerprint density at radius 2 is 1.68 bits per heavy atom. The van der Waals surface area contributed by atoms with Crippen molar-refractivity contribution in [3.05, 3.63) is 58.1 Å². The number of hydrogen-bond acceptors (Lipinski definition) is 1. The van der Waals surface area contributed by atoms with Gasteiger partial charge in [0.1, 0.15) is 0 Å². The van der Waals surface area contributed by atoms with E-state index in [1.807, 2.05) is 19.1 Å². The minimum Gasteiger partial charge on any atom is -0.328 e. The van der Waals surface area contributed by atoms with Gasteiger partial charge in [0, 0.05) is 16.1 Å². The normalized spacial score (nSPS) is 12.4. The van der Waals surface area contributed by atoms with Crippen molar-refractivity contribution >= 4 is 23.2 Å². The Balaban J connectivity index is 2.27. The lowest BCUT2D eigenvalue weighted by Gasteiger charge is -2.08. The smallest absolute Gasteiger partial charge is 0.0426 e. The molecule has 0 aromatic heterocycles. The van der Waals surface area contributed by atoms with Gasteiger partial charge in [-0.3, -0.25) is 0 Å². The van der Waals surface area contributed by atoms with Gasteiger partial charge in [-0.2, -0.15) is 0 Å². The van der Waals surface area contributed by atoms with Crippen LogP contribution in [0.2, 0.25) is 10.0 Å². The molecule has 2 N–H and O–H groups in total. The predicted octanol–water partition coefficient (Wildman–Crippen LogP) is 4.94. The van der Waals surface area contributed by atoms with E-state index in [-0.39, 0.29) is 6.04 Å². The molecular formula is C16H17Cl2N. The van der Waals surface area contributed by atoms with E-state index in [9.17, 15) is 0 Å². The summed E-state index contributed by atoms with van der Waals surface area (Å²) in [5.74, 6) is 0. The maximum atomic E-state index is 6.04. The molecule has 0 radical (unpaired) electrons. The second-order valence-corrected chi connectivity index (χ2v) is 5.75. The SMILES string of the molecule is CC(N)CCc1cccc(-c2cc(Cl)cc(Cl)c2)c1. The van der Waals surface area contributed by atoms with Crippen LogP contribution in [0.1, 0.15) is 18.9 Å². The minimum atomic E-state index is 0.226. The molecule has 0 amide bonds. The van der Waals surface area contributed by atoms with Gasteiger partial charge in [-0.25, -0.2) is 0 Å². The highest BCUT2D eigenvalue weighted by Gasteiger charge is 2.03. The molecule has 2 aromatic rings. The van der Waals surface area contributed by atoms with Crippen LogP contribution in [0.25, 0.3) is 11.1 Å². The van der Waals surface area contributed by atoms with Gasteiger partial charge in [-0.05, 0) is 54.7 Å². The third kappa shape index (κ3) is 4.24. The lowest BCUT2D eigenvalue weighted by molar-refractivity contribution is 0.666. The van der Waals surface area contributed by atoms with Gasteiger partial charge in [0.2, 0.25) is 0 Å². The Bertz CT molecular complexity index is 544. The predicted molar refractivity (Wildman–Crippen MR) is 83.9 cm³/mol. The second-order valence-electron chi connectivity index (χ2n) is 4.87. The van der Waals surface area contributed by atoms with Gasteiger partial charge < -0.3 is 5.73 Å². The highest BCUT2D eigenvalue weighted by atomic mass is 35.5. The molecule has 19 heavy (non-hydrogen) atoms. The zero-order valence-electron chi connectivity index (χ0n) is 10.9. The van der Waals surface area contributed by atoms with Crippen LogP contribution in [-0.2, 0) is 6.42 Å². The molecule has 2 aromatic carbocycles. The van der Waals surface area contributed by atoms with Gasteiger partial charge in [-0.15, -0.1) is 0 Å². The molecule has 0 heterocycles. The molecule has 0 bridgehead atoms. The fourth-order valence-electron chi connectivity index (χ4n) is 2.02. The van der Waals surface area contributed by atoms with Crippen LogP contribution in [0, 0.1) is 0 Å². The molecule has 0 aliphatic heterocycles. The Kier molecular flexibility index (Phi) is 4.87.